The van der Waals surface area contributed by atoms with Crippen molar-refractivity contribution in [1.82, 2.24) is 5.32 Å². The van der Waals surface area contributed by atoms with Crippen LogP contribution in [0.1, 0.15) is 56.7 Å². The fourth-order valence-corrected chi connectivity index (χ4v) is 7.64. The van der Waals surface area contributed by atoms with Gasteiger partial charge < -0.3 is 33.4 Å². The van der Waals surface area contributed by atoms with E-state index in [1.54, 1.807) is 13.2 Å². The molecule has 10 heteroatoms. The first-order valence-electron chi connectivity index (χ1n) is 17.7. The molecule has 9 nitrogen and oxygen atoms in total. The summed E-state index contributed by atoms with van der Waals surface area (Å²) in [6, 6.07) is 27.1. The van der Waals surface area contributed by atoms with Crippen LogP contribution in [0, 0.1) is 0 Å². The van der Waals surface area contributed by atoms with E-state index in [2.05, 4.69) is 45.8 Å². The van der Waals surface area contributed by atoms with Crippen LogP contribution in [0.4, 0.5) is 0 Å². The molecule has 2 bridgehead atoms. The molecule has 0 radical (unpaired) electrons. The Morgan fingerprint density at radius 3 is 1.98 bits per heavy atom. The van der Waals surface area contributed by atoms with Crippen molar-refractivity contribution in [2.45, 2.75) is 114 Å². The topological polar surface area (TPSA) is 102 Å². The highest BCUT2D eigenvalue weighted by molar-refractivity contribution is 6.74. The lowest BCUT2D eigenvalue weighted by atomic mass is 9.69. The van der Waals surface area contributed by atoms with Crippen LogP contribution >= 0.6 is 0 Å². The van der Waals surface area contributed by atoms with Gasteiger partial charge >= 0.3 is 0 Å². The van der Waals surface area contributed by atoms with E-state index in [1.165, 1.54) is 0 Å². The second-order valence-corrected chi connectivity index (χ2v) is 19.7. The number of rotatable bonds is 16. The van der Waals surface area contributed by atoms with Crippen molar-refractivity contribution in [3.63, 3.8) is 0 Å². The molecule has 3 aromatic rings. The van der Waals surface area contributed by atoms with Gasteiger partial charge in [-0.05, 0) is 53.4 Å². The number of carbonyl (C=O) groups is 2. The Bertz CT molecular complexity index is 1590. The predicted molar refractivity (Wildman–Crippen MR) is 198 cm³/mol. The zero-order valence-electron chi connectivity index (χ0n) is 30.8. The molecular formula is C41H53NO8Si. The second-order valence-electron chi connectivity index (χ2n) is 14.9. The molecular weight excluding hydrogens is 663 g/mol. The molecule has 3 aromatic carbocycles. The van der Waals surface area contributed by atoms with Crippen LogP contribution in [0.3, 0.4) is 0 Å². The van der Waals surface area contributed by atoms with Crippen LogP contribution in [-0.4, -0.2) is 63.4 Å². The average Bonchev–Trinajstić information content (AvgIpc) is 3.11. The molecule has 0 spiro atoms. The zero-order chi connectivity index (χ0) is 36.6. The van der Waals surface area contributed by atoms with E-state index in [0.717, 1.165) is 22.4 Å². The molecule has 1 saturated carbocycles. The van der Waals surface area contributed by atoms with Crippen molar-refractivity contribution >= 4 is 20.0 Å². The Kier molecular flexibility index (Phi) is 12.7. The summed E-state index contributed by atoms with van der Waals surface area (Å²) in [6.45, 7) is 15.0. The molecule has 0 unspecified atom stereocenters. The van der Waals surface area contributed by atoms with Crippen LogP contribution < -0.4 is 10.1 Å². The number of hydrogen-bond donors (Lipinski definition) is 1. The number of benzene rings is 3. The van der Waals surface area contributed by atoms with Gasteiger partial charge in [-0.15, -0.1) is 6.58 Å². The minimum atomic E-state index is -2.50. The van der Waals surface area contributed by atoms with Crippen molar-refractivity contribution in [1.29, 1.82) is 0 Å². The number of carbonyl (C=O) groups excluding carboxylic acids is 2. The van der Waals surface area contributed by atoms with E-state index in [1.807, 2.05) is 84.9 Å². The number of allylic oxidation sites excluding steroid dienone is 1. The molecule has 1 saturated heterocycles. The van der Waals surface area contributed by atoms with Crippen molar-refractivity contribution in [2.75, 3.05) is 7.11 Å². The highest BCUT2D eigenvalue weighted by atomic mass is 28.4. The van der Waals surface area contributed by atoms with Crippen molar-refractivity contribution in [3.05, 3.63) is 114 Å². The summed E-state index contributed by atoms with van der Waals surface area (Å²) < 4.78 is 39.3. The van der Waals surface area contributed by atoms with E-state index in [0.29, 0.717) is 6.42 Å². The molecule has 2 fully saturated rings. The SMILES string of the molecule is C=CCCC(=O)N[C@@]12CC(=O)[C@@H](O[Si](C)(C)C(C)(C)C)[C@@H](O[C@H](OCc3ccc(OC)cc3)[C@H]1OCc1ccccc1)[C@H]2OCc1ccccc1. The van der Waals surface area contributed by atoms with Crippen LogP contribution in [0.25, 0.3) is 0 Å². The van der Waals surface area contributed by atoms with Crippen molar-refractivity contribution in [3.8, 4) is 5.75 Å². The van der Waals surface area contributed by atoms with Gasteiger partial charge in [-0.2, -0.15) is 0 Å². The highest BCUT2D eigenvalue weighted by Gasteiger charge is 2.66. The van der Waals surface area contributed by atoms with Gasteiger partial charge in [0, 0.05) is 12.8 Å². The maximum Gasteiger partial charge on any atom is 0.220 e. The maximum absolute atomic E-state index is 14.5. The Labute approximate surface area is 303 Å². The molecule has 6 atom stereocenters. The monoisotopic (exact) mass is 715 g/mol. The van der Waals surface area contributed by atoms with Gasteiger partial charge in [0.2, 0.25) is 5.91 Å². The number of methoxy groups -OCH3 is 1. The third-order valence-corrected chi connectivity index (χ3v) is 14.7. The lowest BCUT2D eigenvalue weighted by molar-refractivity contribution is -0.332. The molecule has 1 heterocycles. The van der Waals surface area contributed by atoms with Crippen LogP contribution in [0.5, 0.6) is 5.75 Å². The van der Waals surface area contributed by atoms with Gasteiger partial charge in [0.15, 0.2) is 20.4 Å². The minimum Gasteiger partial charge on any atom is -0.497 e. The van der Waals surface area contributed by atoms with Crippen LogP contribution in [0.2, 0.25) is 18.1 Å². The Morgan fingerprint density at radius 1 is 0.882 bits per heavy atom. The normalized spacial score (nSPS) is 24.9. The zero-order valence-corrected chi connectivity index (χ0v) is 31.8. The lowest BCUT2D eigenvalue weighted by Gasteiger charge is -2.58. The molecule has 1 amide bonds. The van der Waals surface area contributed by atoms with E-state index < -0.39 is 44.6 Å². The quantitative estimate of drug-likeness (QED) is 0.122. The van der Waals surface area contributed by atoms with Gasteiger partial charge in [0.25, 0.3) is 0 Å². The first kappa shape index (κ1) is 38.6. The van der Waals surface area contributed by atoms with Gasteiger partial charge in [-0.25, -0.2) is 0 Å². The summed E-state index contributed by atoms with van der Waals surface area (Å²) in [5.74, 6) is 0.313. The van der Waals surface area contributed by atoms with Crippen molar-refractivity contribution in [2.24, 2.45) is 0 Å². The Morgan fingerprint density at radius 2 is 1.43 bits per heavy atom. The van der Waals surface area contributed by atoms with E-state index in [-0.39, 0.29) is 49.4 Å². The van der Waals surface area contributed by atoms with E-state index >= 15 is 0 Å². The fourth-order valence-electron chi connectivity index (χ4n) is 6.39. The number of ether oxygens (including phenoxy) is 5. The molecule has 1 aliphatic heterocycles. The third-order valence-electron chi connectivity index (χ3n) is 10.2. The molecule has 274 valence electrons. The molecule has 5 rings (SSSR count). The average molecular weight is 716 g/mol. The largest absolute Gasteiger partial charge is 0.497 e. The summed E-state index contributed by atoms with van der Waals surface area (Å²) in [7, 11) is -0.875. The summed E-state index contributed by atoms with van der Waals surface area (Å²) in [5.41, 5.74) is 1.41. The van der Waals surface area contributed by atoms with Crippen molar-refractivity contribution < 1.29 is 37.7 Å². The predicted octanol–water partition coefficient (Wildman–Crippen LogP) is 7.29. The third kappa shape index (κ3) is 9.24. The first-order valence-corrected chi connectivity index (χ1v) is 20.6. The van der Waals surface area contributed by atoms with Crippen LogP contribution in [0.15, 0.2) is 97.6 Å². The van der Waals surface area contributed by atoms with E-state index in [9.17, 15) is 9.59 Å². The van der Waals surface area contributed by atoms with Gasteiger partial charge in [0.1, 0.15) is 35.7 Å². The smallest absolute Gasteiger partial charge is 0.220 e. The molecule has 51 heavy (non-hydrogen) atoms. The van der Waals surface area contributed by atoms with Gasteiger partial charge in [-0.1, -0.05) is 99.6 Å². The number of nitrogens with one attached hydrogen (secondary N) is 1. The molecule has 1 N–H and O–H groups in total. The summed E-state index contributed by atoms with van der Waals surface area (Å²) in [4.78, 5) is 28.3. The Balaban J connectivity index is 1.60. The Hall–Kier alpha value is -3.64. The number of ketones is 1. The number of fused-ring (bicyclic) bond motifs is 2. The lowest BCUT2D eigenvalue weighted by Crippen LogP contribution is -2.80. The maximum atomic E-state index is 14.5. The standard InChI is InChI=1S/C41H53NO8Si/c1-8-9-20-34(44)42-41-25-33(43)35(50-51(6,7)40(2,3)4)36(37(41)46-26-29-16-12-10-13-17-29)49-39(38(41)47-27-30-18-14-11-15-19-30)48-28-31-21-23-32(45-5)24-22-31/h8,10-19,21-24,35-39H,1,9,20,25-28H2,2-7H3,(H,42,44)/t35-,36-,37-,38-,39+,41-/m1/s1. The molecule has 1 aliphatic carbocycles. The van der Waals surface area contributed by atoms with Gasteiger partial charge in [-0.3, -0.25) is 9.59 Å². The second kappa shape index (κ2) is 16.8. The van der Waals surface area contributed by atoms with Gasteiger partial charge in [0.05, 0.1) is 26.9 Å². The molecule has 2 aliphatic rings. The number of amides is 1. The number of Topliss-reactive ketones (excluding diaryl/α,β-unsaturated/α-hetero) is 1. The highest BCUT2D eigenvalue weighted by Crippen LogP contribution is 2.46. The number of hydrogen-bond acceptors (Lipinski definition) is 8. The fraction of sp³-hybridized carbons (Fsp3) is 0.463. The first-order chi connectivity index (χ1) is 24.4. The summed E-state index contributed by atoms with van der Waals surface area (Å²) in [5, 5.41) is 3.10. The van der Waals surface area contributed by atoms with E-state index in [4.69, 9.17) is 28.1 Å². The minimum absolute atomic E-state index is 0.0900. The van der Waals surface area contributed by atoms with Crippen LogP contribution in [-0.2, 0) is 52.8 Å². The summed E-state index contributed by atoms with van der Waals surface area (Å²) in [6.07, 6.45) is -2.32. The molecule has 0 aromatic heterocycles. The summed E-state index contributed by atoms with van der Waals surface area (Å²) >= 11 is 0.